The molecule has 2 heterocycles. The van der Waals surface area contributed by atoms with Crippen molar-refractivity contribution in [3.63, 3.8) is 0 Å². The Morgan fingerprint density at radius 1 is 0.974 bits per heavy atom. The summed E-state index contributed by atoms with van der Waals surface area (Å²) in [6, 6.07) is 5.33. The fourth-order valence-corrected chi connectivity index (χ4v) is 4.46. The first-order valence-corrected chi connectivity index (χ1v) is 13.3. The largest absolute Gasteiger partial charge is 1.00 e. The van der Waals surface area contributed by atoms with Crippen LogP contribution in [0.4, 0.5) is 0 Å². The van der Waals surface area contributed by atoms with Gasteiger partial charge in [-0.25, -0.2) is 0 Å². The van der Waals surface area contributed by atoms with Gasteiger partial charge in [-0.3, -0.25) is 14.4 Å². The summed E-state index contributed by atoms with van der Waals surface area (Å²) < 4.78 is 6.77. The second-order valence-electron chi connectivity index (χ2n) is 12.2. The first-order chi connectivity index (χ1) is 17.2. The van der Waals surface area contributed by atoms with Gasteiger partial charge in [-0.05, 0) is 47.9 Å². The molecular weight excluding hydrogens is 595 g/mol. The van der Waals surface area contributed by atoms with E-state index in [1.54, 1.807) is 12.3 Å². The van der Waals surface area contributed by atoms with Gasteiger partial charge in [0.05, 0.1) is 21.1 Å². The van der Waals surface area contributed by atoms with E-state index in [0.717, 1.165) is 5.56 Å². The van der Waals surface area contributed by atoms with Crippen molar-refractivity contribution >= 4 is 23.8 Å². The van der Waals surface area contributed by atoms with Crippen molar-refractivity contribution in [1.29, 1.82) is 0 Å². The molecule has 2 aliphatic heterocycles. The third-order valence-electron chi connectivity index (χ3n) is 6.49. The van der Waals surface area contributed by atoms with Crippen LogP contribution in [0.1, 0.15) is 59.9 Å². The van der Waals surface area contributed by atoms with E-state index >= 15 is 0 Å². The van der Waals surface area contributed by atoms with Crippen LogP contribution in [0.5, 0.6) is 5.75 Å². The van der Waals surface area contributed by atoms with Crippen molar-refractivity contribution in [3.05, 3.63) is 36.0 Å². The summed E-state index contributed by atoms with van der Waals surface area (Å²) in [6.07, 6.45) is 3.86. The fourth-order valence-electron chi connectivity index (χ4n) is 4.46. The minimum atomic E-state index is -0.991. The normalized spacial score (nSPS) is 22.2. The maximum absolute atomic E-state index is 13.8. The molecule has 8 nitrogen and oxygen atoms in total. The zero-order valence-electron chi connectivity index (χ0n) is 24.4. The van der Waals surface area contributed by atoms with Gasteiger partial charge in [0.25, 0.3) is 5.91 Å². The minimum absolute atomic E-state index is 0. The van der Waals surface area contributed by atoms with Crippen LogP contribution >= 0.6 is 0 Å². The van der Waals surface area contributed by atoms with E-state index < -0.39 is 24.1 Å². The van der Waals surface area contributed by atoms with Gasteiger partial charge < -0.3 is 49.1 Å². The number of likely N-dealkylation sites (N-methyl/N-ethyl adjacent to an activating group) is 1. The van der Waals surface area contributed by atoms with Crippen LogP contribution in [0.3, 0.4) is 0 Å². The number of nitrogens with one attached hydrogen (secondary N) is 3. The highest BCUT2D eigenvalue weighted by Crippen LogP contribution is 2.22. The number of amides is 3. The molecule has 0 aliphatic carbocycles. The van der Waals surface area contributed by atoms with Gasteiger partial charge in [0.1, 0.15) is 23.9 Å². The lowest BCUT2D eigenvalue weighted by molar-refractivity contribution is -0.887. The molecule has 3 amide bonds. The molecule has 3 N–H and O–H groups in total. The molecule has 3 rings (SSSR count). The zero-order valence-corrected chi connectivity index (χ0v) is 26.5. The van der Waals surface area contributed by atoms with E-state index in [-0.39, 0.29) is 53.7 Å². The summed E-state index contributed by atoms with van der Waals surface area (Å²) in [6.45, 7) is 12.1. The number of halogens is 1. The highest BCUT2D eigenvalue weighted by molar-refractivity contribution is 5.93. The van der Waals surface area contributed by atoms with Gasteiger partial charge in [0.2, 0.25) is 11.8 Å². The Morgan fingerprint density at radius 2 is 1.58 bits per heavy atom. The molecule has 0 spiro atoms. The van der Waals surface area contributed by atoms with Crippen molar-refractivity contribution in [2.75, 3.05) is 21.1 Å². The molecule has 0 fully saturated rings. The highest BCUT2D eigenvalue weighted by Gasteiger charge is 2.40. The SMILES string of the molecule is CC(C)C[C@@H]1NC(=O)[C@@H](NC(=O)[C@H](CC(C)C)[N+](C)(C)C)[C@H](C(C)C)Oc2ccc(cc2)/C=C\NC1=O.[I-]. The van der Waals surface area contributed by atoms with Crippen LogP contribution in [0.25, 0.3) is 6.08 Å². The summed E-state index contributed by atoms with van der Waals surface area (Å²) in [7, 11) is 5.94. The lowest BCUT2D eigenvalue weighted by Crippen LogP contribution is -3.00. The standard InChI is InChI=1S/C29H46N4O4.HI/c1-18(2)16-23-27(34)30-15-14-21-10-12-22(13-11-21)37-26(20(5)6)25(29(36)31-23)32-28(35)24(17-19(3)4)33(7,8)9;/h10-15,18-20,23-26H,16-17H2,1-9H3,(H2-,30,31,32,34,35,36);1H/b15-14-;/t23-,24-,25-,26-;/m0./s1. The molecule has 2 bridgehead atoms. The van der Waals surface area contributed by atoms with E-state index in [0.29, 0.717) is 29.0 Å². The van der Waals surface area contributed by atoms with Crippen LogP contribution in [-0.2, 0) is 14.4 Å². The van der Waals surface area contributed by atoms with Crippen molar-refractivity contribution in [3.8, 4) is 5.75 Å². The number of rotatable bonds is 8. The van der Waals surface area contributed by atoms with Crippen LogP contribution < -0.4 is 44.7 Å². The monoisotopic (exact) mass is 642 g/mol. The maximum atomic E-state index is 13.8. The molecule has 1 aromatic rings. The molecule has 214 valence electrons. The average Bonchev–Trinajstić information content (AvgIpc) is 2.78. The van der Waals surface area contributed by atoms with E-state index in [4.69, 9.17) is 4.74 Å². The smallest absolute Gasteiger partial charge is 0.279 e. The van der Waals surface area contributed by atoms with Crippen LogP contribution in [0.2, 0.25) is 0 Å². The second kappa shape index (κ2) is 14.9. The van der Waals surface area contributed by atoms with Gasteiger partial charge >= 0.3 is 0 Å². The number of carbonyl (C=O) groups is 3. The topological polar surface area (TPSA) is 96.5 Å². The third kappa shape index (κ3) is 10.2. The van der Waals surface area contributed by atoms with E-state index in [1.165, 1.54) is 0 Å². The molecule has 2 aliphatic rings. The van der Waals surface area contributed by atoms with Gasteiger partial charge in [-0.15, -0.1) is 0 Å². The number of hydrogen-bond acceptors (Lipinski definition) is 4. The Morgan fingerprint density at radius 3 is 2.08 bits per heavy atom. The number of quaternary nitrogens is 1. The summed E-state index contributed by atoms with van der Waals surface area (Å²) in [4.78, 5) is 40.5. The van der Waals surface area contributed by atoms with E-state index in [9.17, 15) is 14.4 Å². The molecule has 0 aromatic heterocycles. The first kappa shape index (κ1) is 33.9. The zero-order chi connectivity index (χ0) is 27.9. The number of ether oxygens (including phenoxy) is 1. The maximum Gasteiger partial charge on any atom is 0.279 e. The molecule has 4 atom stereocenters. The van der Waals surface area contributed by atoms with E-state index in [2.05, 4.69) is 29.8 Å². The summed E-state index contributed by atoms with van der Waals surface area (Å²) in [5.41, 5.74) is 0.902. The molecule has 1 aromatic carbocycles. The van der Waals surface area contributed by atoms with Crippen LogP contribution in [-0.4, -0.2) is 67.6 Å². The molecule has 0 saturated carbocycles. The molecule has 38 heavy (non-hydrogen) atoms. The highest BCUT2D eigenvalue weighted by atomic mass is 127. The predicted molar refractivity (Wildman–Crippen MR) is 147 cm³/mol. The Kier molecular flexibility index (Phi) is 13.3. The number of hydrogen-bond donors (Lipinski definition) is 3. The third-order valence-corrected chi connectivity index (χ3v) is 6.49. The molecular formula is C29H47IN4O4. The van der Waals surface area contributed by atoms with Gasteiger partial charge in [0.15, 0.2) is 6.04 Å². The quantitative estimate of drug-likeness (QED) is 0.282. The number of benzene rings is 1. The van der Waals surface area contributed by atoms with Gasteiger partial charge in [-0.2, -0.15) is 0 Å². The average molecular weight is 643 g/mol. The number of carbonyl (C=O) groups excluding carboxylic acids is 3. The second-order valence-corrected chi connectivity index (χ2v) is 12.2. The predicted octanol–water partition coefficient (Wildman–Crippen LogP) is 0.331. The van der Waals surface area contributed by atoms with Crippen molar-refractivity contribution in [2.45, 2.75) is 78.6 Å². The number of nitrogens with zero attached hydrogens (tertiary/aromatic N) is 1. The van der Waals surface area contributed by atoms with Crippen LogP contribution in [0, 0.1) is 17.8 Å². The van der Waals surface area contributed by atoms with Crippen molar-refractivity contribution < 1.29 is 47.6 Å². The van der Waals surface area contributed by atoms with Gasteiger partial charge in [0, 0.05) is 12.6 Å². The van der Waals surface area contributed by atoms with Gasteiger partial charge in [-0.1, -0.05) is 53.7 Å². The van der Waals surface area contributed by atoms with Crippen molar-refractivity contribution in [1.82, 2.24) is 16.0 Å². The Hall–Kier alpha value is -2.14. The van der Waals surface area contributed by atoms with Crippen molar-refractivity contribution in [2.24, 2.45) is 17.8 Å². The molecule has 0 saturated heterocycles. The summed E-state index contributed by atoms with van der Waals surface area (Å²) in [5.74, 6) is 0.0260. The lowest BCUT2D eigenvalue weighted by Gasteiger charge is -2.37. The van der Waals surface area contributed by atoms with Crippen LogP contribution in [0.15, 0.2) is 30.5 Å². The first-order valence-electron chi connectivity index (χ1n) is 13.3. The lowest BCUT2D eigenvalue weighted by atomic mass is 9.95. The molecule has 9 heteroatoms. The Labute approximate surface area is 245 Å². The summed E-state index contributed by atoms with van der Waals surface area (Å²) in [5, 5.41) is 8.74. The number of fused-ring (bicyclic) bond motifs is 10. The fraction of sp³-hybridized carbons (Fsp3) is 0.621. The minimum Gasteiger partial charge on any atom is -1.00 e. The Bertz CT molecular complexity index is 954. The molecule has 0 radical (unpaired) electrons. The molecule has 0 unspecified atom stereocenters. The summed E-state index contributed by atoms with van der Waals surface area (Å²) >= 11 is 0. The Balaban J connectivity index is 0.00000722. The van der Waals surface area contributed by atoms with E-state index in [1.807, 2.05) is 73.1 Å².